The minimum atomic E-state index is -1.13. The summed E-state index contributed by atoms with van der Waals surface area (Å²) >= 11 is 0. The lowest BCUT2D eigenvalue weighted by Gasteiger charge is -2.33. The molecule has 0 aliphatic heterocycles. The highest BCUT2D eigenvalue weighted by Crippen LogP contribution is 2.26. The van der Waals surface area contributed by atoms with Gasteiger partial charge in [0.15, 0.2) is 0 Å². The molecule has 0 saturated carbocycles. The lowest BCUT2D eigenvalue weighted by atomic mass is 9.82. The number of hydrogen-bond acceptors (Lipinski definition) is 3. The Labute approximate surface area is 124 Å². The number of nitrogens with one attached hydrogen (secondary N) is 2. The summed E-state index contributed by atoms with van der Waals surface area (Å²) in [5.41, 5.74) is -0.230. The van der Waals surface area contributed by atoms with Crippen molar-refractivity contribution in [1.29, 1.82) is 0 Å². The van der Waals surface area contributed by atoms with Crippen LogP contribution in [0.25, 0.3) is 0 Å². The van der Waals surface area contributed by atoms with Crippen molar-refractivity contribution in [2.45, 2.75) is 53.1 Å². The van der Waals surface area contributed by atoms with Crippen LogP contribution in [0, 0.1) is 5.41 Å². The Kier molecular flexibility index (Phi) is 5.04. The largest absolute Gasteiger partial charge is 0.475 e. The number of carboxylic acid groups (broad SMARTS) is 1. The van der Waals surface area contributed by atoms with E-state index in [1.807, 2.05) is 13.8 Å². The number of urea groups is 1. The molecular weight excluding hydrogens is 272 g/mol. The second-order valence-corrected chi connectivity index (χ2v) is 7.00. The molecule has 118 valence electrons. The van der Waals surface area contributed by atoms with Crippen LogP contribution in [0.15, 0.2) is 16.5 Å². The first kappa shape index (κ1) is 17.1. The van der Waals surface area contributed by atoms with Crippen molar-refractivity contribution in [2.24, 2.45) is 5.41 Å². The molecule has 0 aliphatic carbocycles. The summed E-state index contributed by atoms with van der Waals surface area (Å²) in [6.45, 7) is 10.4. The smallest absolute Gasteiger partial charge is 0.371 e. The fourth-order valence-corrected chi connectivity index (χ4v) is 2.48. The number of furan rings is 1. The molecule has 3 N–H and O–H groups in total. The summed E-state index contributed by atoms with van der Waals surface area (Å²) in [6.07, 6.45) is 0.831. The van der Waals surface area contributed by atoms with Gasteiger partial charge in [0.25, 0.3) is 0 Å². The van der Waals surface area contributed by atoms with Gasteiger partial charge in [0, 0.05) is 5.54 Å². The first-order valence-corrected chi connectivity index (χ1v) is 6.87. The van der Waals surface area contributed by atoms with Crippen LogP contribution in [0.2, 0.25) is 0 Å². The van der Waals surface area contributed by atoms with Crippen LogP contribution in [0.4, 0.5) is 4.79 Å². The molecule has 0 saturated heterocycles. The highest BCUT2D eigenvalue weighted by Gasteiger charge is 2.26. The quantitative estimate of drug-likeness (QED) is 0.779. The number of hydrogen-bond donors (Lipinski definition) is 3. The van der Waals surface area contributed by atoms with Crippen molar-refractivity contribution < 1.29 is 19.1 Å². The van der Waals surface area contributed by atoms with Gasteiger partial charge in [0.1, 0.15) is 5.76 Å². The lowest BCUT2D eigenvalue weighted by molar-refractivity contribution is 0.0660. The number of carbonyl (C=O) groups is 2. The highest BCUT2D eigenvalue weighted by molar-refractivity contribution is 5.84. The molecule has 1 aromatic heterocycles. The summed E-state index contributed by atoms with van der Waals surface area (Å²) in [4.78, 5) is 22.6. The average Bonchev–Trinajstić information content (AvgIpc) is 2.70. The fourth-order valence-electron chi connectivity index (χ4n) is 2.48. The Hall–Kier alpha value is -1.98. The third-order valence-corrected chi connectivity index (χ3v) is 2.72. The maximum absolute atomic E-state index is 11.9. The van der Waals surface area contributed by atoms with E-state index in [0.717, 1.165) is 6.42 Å². The van der Waals surface area contributed by atoms with Crippen molar-refractivity contribution in [1.82, 2.24) is 10.6 Å². The van der Waals surface area contributed by atoms with Crippen molar-refractivity contribution >= 4 is 12.0 Å². The topological polar surface area (TPSA) is 91.6 Å². The van der Waals surface area contributed by atoms with E-state index < -0.39 is 5.97 Å². The van der Waals surface area contributed by atoms with Gasteiger partial charge >= 0.3 is 12.0 Å². The Bertz CT molecular complexity index is 512. The van der Waals surface area contributed by atoms with E-state index in [1.165, 1.54) is 12.1 Å². The van der Waals surface area contributed by atoms with Gasteiger partial charge in [-0.3, -0.25) is 0 Å². The monoisotopic (exact) mass is 296 g/mol. The van der Waals surface area contributed by atoms with Crippen molar-refractivity contribution in [3.8, 4) is 0 Å². The van der Waals surface area contributed by atoms with E-state index in [2.05, 4.69) is 31.4 Å². The second kappa shape index (κ2) is 6.20. The van der Waals surface area contributed by atoms with Gasteiger partial charge in [-0.15, -0.1) is 0 Å². The van der Waals surface area contributed by atoms with Gasteiger partial charge in [-0.1, -0.05) is 20.8 Å². The summed E-state index contributed by atoms with van der Waals surface area (Å²) in [7, 11) is 0. The minimum absolute atomic E-state index is 0.105. The van der Waals surface area contributed by atoms with Gasteiger partial charge in [-0.2, -0.15) is 0 Å². The number of rotatable bonds is 5. The van der Waals surface area contributed by atoms with E-state index in [1.54, 1.807) is 0 Å². The maximum Gasteiger partial charge on any atom is 0.371 e. The summed E-state index contributed by atoms with van der Waals surface area (Å²) in [6, 6.07) is 2.59. The standard InChI is InChI=1S/C15H24N2O4/c1-14(2,3)9-15(4,5)17-13(20)16-8-10-6-7-11(21-10)12(18)19/h6-7H,8-9H2,1-5H3,(H,18,19)(H2,16,17,20). The molecule has 0 bridgehead atoms. The molecule has 6 nitrogen and oxygen atoms in total. The molecule has 0 unspecified atom stereocenters. The molecule has 1 rings (SSSR count). The third kappa shape index (κ3) is 6.33. The predicted octanol–water partition coefficient (Wildman–Crippen LogP) is 2.99. The van der Waals surface area contributed by atoms with E-state index in [4.69, 9.17) is 9.52 Å². The Morgan fingerprint density at radius 1 is 1.19 bits per heavy atom. The fraction of sp³-hybridized carbons (Fsp3) is 0.600. The zero-order valence-electron chi connectivity index (χ0n) is 13.2. The zero-order chi connectivity index (χ0) is 16.3. The lowest BCUT2D eigenvalue weighted by Crippen LogP contribution is -2.49. The van der Waals surface area contributed by atoms with Gasteiger partial charge in [-0.05, 0) is 37.8 Å². The van der Waals surface area contributed by atoms with Gasteiger partial charge in [0.2, 0.25) is 5.76 Å². The molecule has 21 heavy (non-hydrogen) atoms. The van der Waals surface area contributed by atoms with Crippen LogP contribution in [0.1, 0.15) is 57.4 Å². The van der Waals surface area contributed by atoms with Crippen LogP contribution >= 0.6 is 0 Å². The van der Waals surface area contributed by atoms with E-state index in [9.17, 15) is 9.59 Å². The molecule has 2 amide bonds. The minimum Gasteiger partial charge on any atom is -0.475 e. The number of carbonyl (C=O) groups excluding carboxylic acids is 1. The predicted molar refractivity (Wildman–Crippen MR) is 79.2 cm³/mol. The molecule has 0 spiro atoms. The molecule has 6 heteroatoms. The summed E-state index contributed by atoms with van der Waals surface area (Å²) < 4.78 is 5.06. The van der Waals surface area contributed by atoms with Gasteiger partial charge in [0.05, 0.1) is 6.54 Å². The van der Waals surface area contributed by atoms with Crippen LogP contribution < -0.4 is 10.6 Å². The summed E-state index contributed by atoms with van der Waals surface area (Å²) in [5.74, 6) is -0.867. The van der Waals surface area contributed by atoms with Crippen molar-refractivity contribution in [2.75, 3.05) is 0 Å². The Balaban J connectivity index is 2.48. The van der Waals surface area contributed by atoms with Gasteiger partial charge < -0.3 is 20.2 Å². The first-order valence-electron chi connectivity index (χ1n) is 6.87. The molecule has 0 atom stereocenters. The highest BCUT2D eigenvalue weighted by atomic mass is 16.4. The van der Waals surface area contributed by atoms with Crippen LogP contribution in [0.3, 0.4) is 0 Å². The van der Waals surface area contributed by atoms with Crippen molar-refractivity contribution in [3.05, 3.63) is 23.7 Å². The molecule has 0 aromatic carbocycles. The van der Waals surface area contributed by atoms with Gasteiger partial charge in [-0.25, -0.2) is 9.59 Å². The van der Waals surface area contributed by atoms with E-state index in [-0.39, 0.29) is 29.3 Å². The molecule has 1 aromatic rings. The maximum atomic E-state index is 11.9. The number of aromatic carboxylic acids is 1. The summed E-state index contributed by atoms with van der Waals surface area (Å²) in [5, 5.41) is 14.3. The second-order valence-electron chi connectivity index (χ2n) is 7.00. The van der Waals surface area contributed by atoms with Crippen molar-refractivity contribution in [3.63, 3.8) is 0 Å². The SMILES string of the molecule is CC(C)(C)CC(C)(C)NC(=O)NCc1ccc(C(=O)O)o1. The van der Waals surface area contributed by atoms with Crippen LogP contribution in [-0.4, -0.2) is 22.6 Å². The first-order chi connectivity index (χ1) is 9.48. The average molecular weight is 296 g/mol. The molecule has 0 fully saturated rings. The molecule has 1 heterocycles. The number of amides is 2. The number of carboxylic acids is 1. The molecular formula is C15H24N2O4. The third-order valence-electron chi connectivity index (χ3n) is 2.72. The normalized spacial score (nSPS) is 12.0. The molecule has 0 radical (unpaired) electrons. The van der Waals surface area contributed by atoms with E-state index in [0.29, 0.717) is 5.76 Å². The molecule has 0 aliphatic rings. The Morgan fingerprint density at radius 2 is 1.81 bits per heavy atom. The van der Waals surface area contributed by atoms with E-state index >= 15 is 0 Å². The van der Waals surface area contributed by atoms with Crippen LogP contribution in [-0.2, 0) is 6.54 Å². The Morgan fingerprint density at radius 3 is 2.29 bits per heavy atom. The zero-order valence-corrected chi connectivity index (χ0v) is 13.2. The van der Waals surface area contributed by atoms with Crippen LogP contribution in [0.5, 0.6) is 0 Å².